The fourth-order valence-corrected chi connectivity index (χ4v) is 1.13. The van der Waals surface area contributed by atoms with Gasteiger partial charge in [-0.3, -0.25) is 0 Å². The fraction of sp³-hybridized carbons (Fsp3) is 0.600. The number of halogens is 3. The Morgan fingerprint density at radius 3 is 2.00 bits per heavy atom. The average Bonchev–Trinajstić information content (AvgIpc) is 2.10. The van der Waals surface area contributed by atoms with Gasteiger partial charge in [0.15, 0.2) is 0 Å². The van der Waals surface area contributed by atoms with Crippen LogP contribution in [0.1, 0.15) is 0 Å². The van der Waals surface area contributed by atoms with E-state index in [0.717, 1.165) is 5.95 Å². The summed E-state index contributed by atoms with van der Waals surface area (Å²) in [5.74, 6) is 0.840. The minimum absolute atomic E-state index is 0. The molecule has 0 saturated heterocycles. The van der Waals surface area contributed by atoms with Gasteiger partial charge in [-0.25, -0.2) is 4.68 Å². The second-order valence-corrected chi connectivity index (χ2v) is 2.91. The fourth-order valence-electron chi connectivity index (χ4n) is 0.735. The molecule has 0 aliphatic rings. The van der Waals surface area contributed by atoms with Gasteiger partial charge in [-0.2, -0.15) is 4.98 Å². The third-order valence-electron chi connectivity index (χ3n) is 1.11. The molecule has 4 nitrogen and oxygen atoms in total. The van der Waals surface area contributed by atoms with Crippen molar-refractivity contribution >= 4 is 46.7 Å². The molecular formula is C5H11BrCl2N4. The van der Waals surface area contributed by atoms with Crippen LogP contribution in [0, 0.1) is 0 Å². The SMILES string of the molecule is CN(C)c1nc(Br)nn1C.Cl.Cl. The molecule has 0 aromatic carbocycles. The Hall–Kier alpha value is -0.000000000000000111. The molecule has 0 saturated carbocycles. The lowest BCUT2D eigenvalue weighted by atomic mass is 10.8. The molecule has 0 N–H and O–H groups in total. The minimum Gasteiger partial charge on any atom is -0.347 e. The average molecular weight is 278 g/mol. The standard InChI is InChI=1S/C5H9BrN4.2ClH/c1-9(2)5-7-4(6)8-10(5)3;;/h1-3H3;2*1H. The maximum atomic E-state index is 4.10. The van der Waals surface area contributed by atoms with Crippen molar-refractivity contribution in [1.82, 2.24) is 14.8 Å². The van der Waals surface area contributed by atoms with Gasteiger partial charge in [0.25, 0.3) is 0 Å². The van der Waals surface area contributed by atoms with E-state index in [1.54, 1.807) is 4.68 Å². The van der Waals surface area contributed by atoms with Crippen LogP contribution in [0.3, 0.4) is 0 Å². The molecule has 0 spiro atoms. The Labute approximate surface area is 92.3 Å². The van der Waals surface area contributed by atoms with Crippen LogP contribution in [0.4, 0.5) is 5.95 Å². The topological polar surface area (TPSA) is 34.0 Å². The highest BCUT2D eigenvalue weighted by atomic mass is 79.9. The zero-order chi connectivity index (χ0) is 7.72. The highest BCUT2D eigenvalue weighted by Gasteiger charge is 2.04. The van der Waals surface area contributed by atoms with Crippen LogP contribution in [-0.2, 0) is 7.05 Å². The van der Waals surface area contributed by atoms with Crippen molar-refractivity contribution in [3.05, 3.63) is 4.73 Å². The Balaban J connectivity index is 0. The largest absolute Gasteiger partial charge is 0.347 e. The summed E-state index contributed by atoms with van der Waals surface area (Å²) in [5.41, 5.74) is 0. The van der Waals surface area contributed by atoms with E-state index in [1.165, 1.54) is 0 Å². The molecule has 12 heavy (non-hydrogen) atoms. The Morgan fingerprint density at radius 2 is 1.83 bits per heavy atom. The molecule has 0 bridgehead atoms. The number of rotatable bonds is 1. The molecule has 0 radical (unpaired) electrons. The Kier molecular flexibility index (Phi) is 6.79. The van der Waals surface area contributed by atoms with Gasteiger partial charge in [0.05, 0.1) is 0 Å². The first kappa shape index (κ1) is 14.5. The number of hydrogen-bond donors (Lipinski definition) is 0. The van der Waals surface area contributed by atoms with Crippen LogP contribution in [0.15, 0.2) is 4.73 Å². The van der Waals surface area contributed by atoms with E-state index in [2.05, 4.69) is 26.0 Å². The van der Waals surface area contributed by atoms with Crippen LogP contribution in [0.5, 0.6) is 0 Å². The van der Waals surface area contributed by atoms with Crippen molar-refractivity contribution in [3.8, 4) is 0 Å². The maximum absolute atomic E-state index is 4.10. The molecule has 1 heterocycles. The van der Waals surface area contributed by atoms with Gasteiger partial charge < -0.3 is 4.90 Å². The number of anilines is 1. The molecule has 0 aliphatic carbocycles. The lowest BCUT2D eigenvalue weighted by Crippen LogP contribution is -2.14. The van der Waals surface area contributed by atoms with Gasteiger partial charge in [0, 0.05) is 21.1 Å². The van der Waals surface area contributed by atoms with E-state index < -0.39 is 0 Å². The van der Waals surface area contributed by atoms with Gasteiger partial charge in [0.1, 0.15) is 0 Å². The highest BCUT2D eigenvalue weighted by Crippen LogP contribution is 2.09. The van der Waals surface area contributed by atoms with Gasteiger partial charge in [-0.15, -0.1) is 29.9 Å². The number of aromatic nitrogens is 3. The van der Waals surface area contributed by atoms with Crippen molar-refractivity contribution in [1.29, 1.82) is 0 Å². The van der Waals surface area contributed by atoms with Crippen LogP contribution in [0.25, 0.3) is 0 Å². The molecule has 7 heteroatoms. The molecule has 0 unspecified atom stereocenters. The molecule has 0 atom stereocenters. The zero-order valence-electron chi connectivity index (χ0n) is 6.98. The summed E-state index contributed by atoms with van der Waals surface area (Å²) in [6.07, 6.45) is 0. The van der Waals surface area contributed by atoms with E-state index >= 15 is 0 Å². The molecule has 1 aromatic heterocycles. The molecule has 72 valence electrons. The van der Waals surface area contributed by atoms with Gasteiger partial charge in [0.2, 0.25) is 10.7 Å². The van der Waals surface area contributed by atoms with Gasteiger partial charge in [-0.1, -0.05) is 0 Å². The summed E-state index contributed by atoms with van der Waals surface area (Å²) in [7, 11) is 5.71. The van der Waals surface area contributed by atoms with Gasteiger partial charge >= 0.3 is 0 Å². The molecule has 0 amide bonds. The molecule has 1 aromatic rings. The van der Waals surface area contributed by atoms with Crippen LogP contribution >= 0.6 is 40.7 Å². The van der Waals surface area contributed by atoms with Crippen LogP contribution < -0.4 is 4.90 Å². The second-order valence-electron chi connectivity index (χ2n) is 2.20. The lowest BCUT2D eigenvalue weighted by molar-refractivity contribution is 0.746. The lowest BCUT2D eigenvalue weighted by Gasteiger charge is -2.08. The van der Waals surface area contributed by atoms with E-state index in [0.29, 0.717) is 4.73 Å². The summed E-state index contributed by atoms with van der Waals surface area (Å²) in [6, 6.07) is 0. The predicted octanol–water partition coefficient (Wildman–Crippen LogP) is 1.49. The first-order valence-electron chi connectivity index (χ1n) is 2.85. The molecular weight excluding hydrogens is 267 g/mol. The van der Waals surface area contributed by atoms with E-state index in [4.69, 9.17) is 0 Å². The number of aryl methyl sites for hydroxylation is 1. The highest BCUT2D eigenvalue weighted by molar-refractivity contribution is 9.10. The normalized spacial score (nSPS) is 8.33. The smallest absolute Gasteiger partial charge is 0.224 e. The predicted molar refractivity (Wildman–Crippen MR) is 57.5 cm³/mol. The summed E-state index contributed by atoms with van der Waals surface area (Å²) < 4.78 is 2.34. The van der Waals surface area contributed by atoms with Crippen molar-refractivity contribution in [2.24, 2.45) is 7.05 Å². The minimum atomic E-state index is 0. The monoisotopic (exact) mass is 276 g/mol. The summed E-state index contributed by atoms with van der Waals surface area (Å²) in [5, 5.41) is 4.01. The van der Waals surface area contributed by atoms with E-state index in [-0.39, 0.29) is 24.8 Å². The summed E-state index contributed by atoms with van der Waals surface area (Å²) >= 11 is 3.18. The maximum Gasteiger partial charge on any atom is 0.224 e. The van der Waals surface area contributed by atoms with Crippen molar-refractivity contribution in [3.63, 3.8) is 0 Å². The molecule has 1 rings (SSSR count). The third kappa shape index (κ3) is 3.16. The third-order valence-corrected chi connectivity index (χ3v) is 1.45. The van der Waals surface area contributed by atoms with Crippen LogP contribution in [0.2, 0.25) is 0 Å². The number of nitrogens with zero attached hydrogens (tertiary/aromatic N) is 4. The zero-order valence-corrected chi connectivity index (χ0v) is 10.2. The van der Waals surface area contributed by atoms with Crippen molar-refractivity contribution in [2.45, 2.75) is 0 Å². The van der Waals surface area contributed by atoms with E-state index in [1.807, 2.05) is 26.0 Å². The molecule has 0 fully saturated rings. The second kappa shape index (κ2) is 5.61. The Bertz CT molecular complexity index is 237. The first-order valence-corrected chi connectivity index (χ1v) is 3.64. The van der Waals surface area contributed by atoms with Crippen molar-refractivity contribution in [2.75, 3.05) is 19.0 Å². The van der Waals surface area contributed by atoms with E-state index in [9.17, 15) is 0 Å². The Morgan fingerprint density at radius 1 is 1.33 bits per heavy atom. The van der Waals surface area contributed by atoms with Crippen molar-refractivity contribution < 1.29 is 0 Å². The summed E-state index contributed by atoms with van der Waals surface area (Å²) in [6.45, 7) is 0. The molecule has 0 aliphatic heterocycles. The first-order chi connectivity index (χ1) is 4.61. The van der Waals surface area contributed by atoms with Crippen LogP contribution in [-0.4, -0.2) is 28.9 Å². The quantitative estimate of drug-likeness (QED) is 0.780. The number of hydrogen-bond acceptors (Lipinski definition) is 3. The van der Waals surface area contributed by atoms with Gasteiger partial charge in [-0.05, 0) is 15.9 Å². The summed E-state index contributed by atoms with van der Waals surface area (Å²) in [4.78, 5) is 6.00.